The van der Waals surface area contributed by atoms with E-state index in [0.29, 0.717) is 33.3 Å². The van der Waals surface area contributed by atoms with Crippen molar-refractivity contribution in [2.24, 2.45) is 5.92 Å². The maximum Gasteiger partial charge on any atom is 0.419 e. The number of nitrogens with one attached hydrogen (secondary N) is 6. The summed E-state index contributed by atoms with van der Waals surface area (Å²) in [5.41, 5.74) is -0.0394. The third-order valence-electron chi connectivity index (χ3n) is 19.1. The lowest BCUT2D eigenvalue weighted by molar-refractivity contribution is -0.143. The first kappa shape index (κ1) is 85.4. The second-order valence-corrected chi connectivity index (χ2v) is 33.5. The highest BCUT2D eigenvalue weighted by Crippen LogP contribution is 2.41. The first-order valence-electron chi connectivity index (χ1n) is 38.8. The van der Waals surface area contributed by atoms with Gasteiger partial charge in [0.2, 0.25) is 41.4 Å². The summed E-state index contributed by atoms with van der Waals surface area (Å²) in [7, 11) is 0. The largest absolute Gasteiger partial charge is 0.488 e. The minimum atomic E-state index is -1.73. The van der Waals surface area contributed by atoms with Crippen molar-refractivity contribution in [2.45, 2.75) is 212 Å². The predicted octanol–water partition coefficient (Wildman–Crippen LogP) is 11.8. The van der Waals surface area contributed by atoms with Gasteiger partial charge in [-0.3, -0.25) is 38.1 Å². The molecule has 0 saturated carbocycles. The van der Waals surface area contributed by atoms with Crippen molar-refractivity contribution in [3.63, 3.8) is 0 Å². The lowest BCUT2D eigenvalue weighted by atomic mass is 9.77. The number of para-hydroxylation sites is 1. The van der Waals surface area contributed by atoms with Gasteiger partial charge in [-0.15, -0.1) is 0 Å². The molecule has 2 aromatic heterocycles. The van der Waals surface area contributed by atoms with Gasteiger partial charge < -0.3 is 60.5 Å². The zero-order chi connectivity index (χ0) is 83.3. The van der Waals surface area contributed by atoms with Crippen molar-refractivity contribution >= 4 is 81.2 Å². The minimum Gasteiger partial charge on any atom is -0.488 e. The molecule has 7 N–H and O–H groups in total. The summed E-state index contributed by atoms with van der Waals surface area (Å²) in [5, 5.41) is 29.6. The number of carbonyl (C=O) groups excluding carboxylic acids is 9. The number of benzene rings is 7. The zero-order valence-corrected chi connectivity index (χ0v) is 67.8. The number of hydrogen-bond acceptors (Lipinski definition) is 15. The van der Waals surface area contributed by atoms with Gasteiger partial charge in [0.25, 0.3) is 0 Å². The Balaban J connectivity index is 1.06. The SMILES string of the molecule is CC(C)C[C@H](NC(=O)[C@@H](Cc1ccc2ccccc2c1)NC(=O)[C@H](Cc1ccc(OC(C)(C)C)cc1)NC(=O)[C@H](COC(C)(C)C)NC(=O)[C@H](Cc1cn(C(=O)OC(C)(C)C)c2ccccc12)NC(=O)[C@H](Cc1cn(C(c2ccccc2)(c2ccccc2)c2ccccc2)cn1)NC(=O)[C@@H]1CCC(=O)N1C(=O)OC(C)(C)C)C(=O)O. The van der Waals surface area contributed by atoms with E-state index in [1.807, 2.05) is 167 Å². The monoisotopic (exact) mass is 1570 g/mol. The van der Waals surface area contributed by atoms with Crippen LogP contribution in [0.15, 0.2) is 201 Å². The summed E-state index contributed by atoms with van der Waals surface area (Å²) in [4.78, 5) is 153. The molecule has 25 nitrogen and oxygen atoms in total. The predicted molar refractivity (Wildman–Crippen MR) is 436 cm³/mol. The van der Waals surface area contributed by atoms with Gasteiger partial charge in [0.05, 0.1) is 29.7 Å². The van der Waals surface area contributed by atoms with E-state index in [2.05, 4.69) is 31.9 Å². The van der Waals surface area contributed by atoms with Gasteiger partial charge in [-0.2, -0.15) is 0 Å². The number of carboxylic acids is 1. The fourth-order valence-electron chi connectivity index (χ4n) is 14.0. The Bertz CT molecular complexity index is 4860. The van der Waals surface area contributed by atoms with Crippen LogP contribution < -0.4 is 36.6 Å². The fraction of sp³-hybridized carbons (Fsp3) is 0.389. The van der Waals surface area contributed by atoms with Gasteiger partial charge in [0, 0.05) is 49.9 Å². The number of aliphatic carboxylic acids is 1. The number of amides is 8. The van der Waals surface area contributed by atoms with Crippen LogP contribution in [0.5, 0.6) is 5.75 Å². The van der Waals surface area contributed by atoms with E-state index >= 15 is 24.0 Å². The Morgan fingerprint density at radius 2 is 0.957 bits per heavy atom. The molecule has 0 spiro atoms. The molecule has 0 aliphatic carbocycles. The van der Waals surface area contributed by atoms with Crippen molar-refractivity contribution in [3.8, 4) is 5.75 Å². The van der Waals surface area contributed by atoms with Crippen LogP contribution in [-0.4, -0.2) is 155 Å². The van der Waals surface area contributed by atoms with Crippen LogP contribution in [0.2, 0.25) is 0 Å². The van der Waals surface area contributed by atoms with E-state index in [0.717, 1.165) is 32.4 Å². The van der Waals surface area contributed by atoms with E-state index in [9.17, 15) is 29.1 Å². The number of hydrogen-bond donors (Lipinski definition) is 7. The van der Waals surface area contributed by atoms with Crippen LogP contribution in [0.4, 0.5) is 9.59 Å². The Morgan fingerprint density at radius 3 is 1.49 bits per heavy atom. The molecule has 1 saturated heterocycles. The number of rotatable bonds is 30. The molecule has 25 heteroatoms. The molecule has 8 amide bonds. The Morgan fingerprint density at radius 1 is 0.487 bits per heavy atom. The number of aromatic nitrogens is 3. The molecule has 0 radical (unpaired) electrons. The summed E-state index contributed by atoms with van der Waals surface area (Å²) in [6.45, 7) is 23.9. The highest BCUT2D eigenvalue weighted by molar-refractivity contribution is 6.03. The molecule has 7 aromatic carbocycles. The number of imide groups is 1. The lowest BCUT2D eigenvalue weighted by Crippen LogP contribution is -2.61. The highest BCUT2D eigenvalue weighted by Gasteiger charge is 2.45. The smallest absolute Gasteiger partial charge is 0.419 e. The van der Waals surface area contributed by atoms with Gasteiger partial charge in [0.15, 0.2) is 0 Å². The van der Waals surface area contributed by atoms with Crippen LogP contribution in [0, 0.1) is 5.92 Å². The molecule has 0 unspecified atom stereocenters. The molecule has 10 rings (SSSR count). The van der Waals surface area contributed by atoms with Crippen LogP contribution in [0.25, 0.3) is 21.7 Å². The zero-order valence-electron chi connectivity index (χ0n) is 67.8. The van der Waals surface area contributed by atoms with Crippen molar-refractivity contribution in [1.29, 1.82) is 0 Å². The van der Waals surface area contributed by atoms with Crippen molar-refractivity contribution in [3.05, 3.63) is 240 Å². The molecular formula is C90H106N10O15. The Kier molecular flexibility index (Phi) is 27.1. The van der Waals surface area contributed by atoms with E-state index < -0.39 is 143 Å². The Hall–Kier alpha value is -12.0. The summed E-state index contributed by atoms with van der Waals surface area (Å²) in [6.07, 6.45) is 1.63. The molecule has 115 heavy (non-hydrogen) atoms. The third kappa shape index (κ3) is 22.7. The topological polar surface area (TPSA) is 326 Å². The first-order valence-corrected chi connectivity index (χ1v) is 38.8. The molecule has 0 bridgehead atoms. The van der Waals surface area contributed by atoms with Crippen molar-refractivity contribution in [2.75, 3.05) is 6.61 Å². The maximum atomic E-state index is 16.1. The summed E-state index contributed by atoms with van der Waals surface area (Å²) in [5.74, 6) is -7.14. The Labute approximate surface area is 671 Å². The summed E-state index contributed by atoms with van der Waals surface area (Å²) in [6, 6.07) is 45.2. The minimum absolute atomic E-state index is 0.0689. The quantitative estimate of drug-likeness (QED) is 0.0206. The number of nitrogens with zero attached hydrogens (tertiary/aromatic N) is 4. The molecule has 3 heterocycles. The van der Waals surface area contributed by atoms with Crippen LogP contribution in [-0.2, 0) is 83.8 Å². The number of ether oxygens (including phenoxy) is 4. The molecule has 606 valence electrons. The van der Waals surface area contributed by atoms with Gasteiger partial charge in [-0.1, -0.05) is 178 Å². The lowest BCUT2D eigenvalue weighted by Gasteiger charge is -2.37. The number of fused-ring (bicyclic) bond motifs is 2. The van der Waals surface area contributed by atoms with Gasteiger partial charge in [0.1, 0.15) is 70.4 Å². The molecule has 9 aromatic rings. The molecule has 1 aliphatic rings. The second-order valence-electron chi connectivity index (χ2n) is 33.5. The highest BCUT2D eigenvalue weighted by atomic mass is 16.6. The molecule has 1 fully saturated rings. The fourth-order valence-corrected chi connectivity index (χ4v) is 14.0. The normalized spacial score (nSPS) is 15.0. The standard InChI is InChI=1S/C90H106N10O15/c1-56(2)46-72(83(108)109)96-78(103)69(49-58-38-41-59-28-24-25-29-60(59)47-58)92-77(102)68(48-57-39-42-66(43-40-57)113-87(6,7)8)93-81(106)73(54-112-86(3,4)5)97-79(104)70(50-61-52-99(84(110)114-88(9,10)11)74-37-27-26-36-67(61)74)94-80(105)71(95-82(107)75-44-45-76(101)100(75)85(111)115-89(12,13)14)51-65-53-98(55-91-65)90(62-30-18-15-19-31-62,63-32-20-16-21-33-63)64-34-22-17-23-35-64/h15-43,47,52-53,55-56,68-73,75H,44-46,48-51,54H2,1-14H3,(H,92,102)(H,93,106)(H,94,105)(H,95,107)(H,96,103)(H,97,104)(H,108,109)/t68-,69+,70-,71-,72-,73-,75-/m0/s1. The average Bonchev–Trinajstić information content (AvgIpc) is 1.73. The average molecular weight is 1570 g/mol. The first-order chi connectivity index (χ1) is 54.3. The van der Waals surface area contributed by atoms with Crippen LogP contribution in [0.1, 0.15) is 155 Å². The summed E-state index contributed by atoms with van der Waals surface area (Å²) >= 11 is 0. The van der Waals surface area contributed by atoms with E-state index in [-0.39, 0.29) is 50.1 Å². The maximum absolute atomic E-state index is 16.1. The van der Waals surface area contributed by atoms with Gasteiger partial charge >= 0.3 is 18.2 Å². The van der Waals surface area contributed by atoms with Crippen molar-refractivity contribution in [1.82, 2.24) is 50.9 Å². The second kappa shape index (κ2) is 36.4. The summed E-state index contributed by atoms with van der Waals surface area (Å²) < 4.78 is 27.2. The van der Waals surface area contributed by atoms with Crippen LogP contribution >= 0.6 is 0 Å². The number of carboxylic acid groups (broad SMARTS) is 1. The third-order valence-corrected chi connectivity index (χ3v) is 19.1. The molecule has 1 aliphatic heterocycles. The number of likely N-dealkylation sites (tertiary alicyclic amines) is 1. The molecule has 7 atom stereocenters. The van der Waals surface area contributed by atoms with Gasteiger partial charge in [-0.05, 0) is 164 Å². The van der Waals surface area contributed by atoms with E-state index in [4.69, 9.17) is 23.9 Å². The molecular weight excluding hydrogens is 1460 g/mol. The number of carbonyl (C=O) groups is 10. The van der Waals surface area contributed by atoms with E-state index in [1.165, 1.54) is 10.8 Å². The van der Waals surface area contributed by atoms with Crippen LogP contribution in [0.3, 0.4) is 0 Å². The van der Waals surface area contributed by atoms with Crippen molar-refractivity contribution < 1.29 is 72.0 Å². The number of imidazole rings is 1. The van der Waals surface area contributed by atoms with Gasteiger partial charge in [-0.25, -0.2) is 24.3 Å². The van der Waals surface area contributed by atoms with E-state index in [1.54, 1.807) is 129 Å².